The Morgan fingerprint density at radius 2 is 2.43 bits per heavy atom. The molecular formula is C10H13N3O. The van der Waals surface area contributed by atoms with Crippen LogP contribution in [0.25, 0.3) is 0 Å². The van der Waals surface area contributed by atoms with Crippen molar-refractivity contribution in [2.75, 3.05) is 7.11 Å². The topological polar surface area (TPSA) is 47.0 Å². The number of fused-ring (bicyclic) bond motifs is 4. The van der Waals surface area contributed by atoms with Crippen molar-refractivity contribution in [1.82, 2.24) is 15.3 Å². The molecule has 0 saturated carbocycles. The molecule has 4 nitrogen and oxygen atoms in total. The molecule has 2 atom stereocenters. The van der Waals surface area contributed by atoms with Gasteiger partial charge < -0.3 is 10.1 Å². The van der Waals surface area contributed by atoms with Gasteiger partial charge in [-0.1, -0.05) is 0 Å². The lowest BCUT2D eigenvalue weighted by Crippen LogP contribution is -2.33. The number of ether oxygens (including phenoxy) is 1. The minimum atomic E-state index is 0.433. The van der Waals surface area contributed by atoms with Crippen molar-refractivity contribution >= 4 is 0 Å². The average Bonchev–Trinajstić information content (AvgIpc) is 2.61. The fourth-order valence-corrected chi connectivity index (χ4v) is 2.39. The predicted octanol–water partition coefficient (Wildman–Crippen LogP) is 0.834. The Bertz CT molecular complexity index is 366. The molecule has 1 aromatic heterocycles. The average molecular weight is 191 g/mol. The van der Waals surface area contributed by atoms with Crippen LogP contribution in [-0.2, 0) is 6.42 Å². The maximum Gasteiger partial charge on any atom is 0.232 e. The summed E-state index contributed by atoms with van der Waals surface area (Å²) in [5, 5.41) is 3.54. The summed E-state index contributed by atoms with van der Waals surface area (Å²) in [7, 11) is 1.63. The van der Waals surface area contributed by atoms with Gasteiger partial charge in [-0.25, -0.2) is 4.98 Å². The van der Waals surface area contributed by atoms with Gasteiger partial charge in [0.1, 0.15) is 0 Å². The van der Waals surface area contributed by atoms with Crippen LogP contribution in [0.5, 0.6) is 5.88 Å². The first-order valence-electron chi connectivity index (χ1n) is 5.02. The van der Waals surface area contributed by atoms with Crippen LogP contribution in [0.3, 0.4) is 0 Å². The largest absolute Gasteiger partial charge is 0.480 e. The van der Waals surface area contributed by atoms with Gasteiger partial charge in [-0.2, -0.15) is 0 Å². The SMILES string of the molecule is COc1cnc2c(n1)CC1CCC2N1. The molecular weight excluding hydrogens is 178 g/mol. The third-order valence-electron chi connectivity index (χ3n) is 3.07. The van der Waals surface area contributed by atoms with Gasteiger partial charge in [-0.05, 0) is 12.8 Å². The number of hydrogen-bond acceptors (Lipinski definition) is 4. The van der Waals surface area contributed by atoms with Crippen LogP contribution in [0, 0.1) is 0 Å². The number of rotatable bonds is 1. The molecule has 14 heavy (non-hydrogen) atoms. The van der Waals surface area contributed by atoms with E-state index in [0.717, 1.165) is 17.8 Å². The number of nitrogens with one attached hydrogen (secondary N) is 1. The second kappa shape index (κ2) is 2.92. The van der Waals surface area contributed by atoms with E-state index in [4.69, 9.17) is 4.74 Å². The Kier molecular flexibility index (Phi) is 1.70. The molecule has 2 bridgehead atoms. The minimum absolute atomic E-state index is 0.433. The Morgan fingerprint density at radius 1 is 1.50 bits per heavy atom. The summed E-state index contributed by atoms with van der Waals surface area (Å²) in [5.74, 6) is 0.630. The summed E-state index contributed by atoms with van der Waals surface area (Å²) in [5.41, 5.74) is 2.25. The van der Waals surface area contributed by atoms with Crippen LogP contribution in [0.2, 0.25) is 0 Å². The van der Waals surface area contributed by atoms with Gasteiger partial charge in [0.25, 0.3) is 0 Å². The zero-order chi connectivity index (χ0) is 9.54. The number of methoxy groups -OCH3 is 1. The van der Waals surface area contributed by atoms with Crippen LogP contribution in [0.15, 0.2) is 6.20 Å². The molecule has 2 unspecified atom stereocenters. The van der Waals surface area contributed by atoms with Gasteiger partial charge in [0.05, 0.1) is 30.7 Å². The fourth-order valence-electron chi connectivity index (χ4n) is 2.39. The zero-order valence-corrected chi connectivity index (χ0v) is 8.16. The molecule has 0 spiro atoms. The van der Waals surface area contributed by atoms with Crippen molar-refractivity contribution in [2.45, 2.75) is 31.3 Å². The van der Waals surface area contributed by atoms with Gasteiger partial charge in [0.2, 0.25) is 5.88 Å². The minimum Gasteiger partial charge on any atom is -0.480 e. The zero-order valence-electron chi connectivity index (χ0n) is 8.16. The van der Waals surface area contributed by atoms with Gasteiger partial charge >= 0.3 is 0 Å². The first-order chi connectivity index (χ1) is 6.86. The molecule has 2 aliphatic heterocycles. The molecule has 1 aromatic rings. The summed E-state index contributed by atoms with van der Waals surface area (Å²) >= 11 is 0. The van der Waals surface area contributed by atoms with Crippen LogP contribution in [0.4, 0.5) is 0 Å². The maximum absolute atomic E-state index is 5.08. The third kappa shape index (κ3) is 1.10. The van der Waals surface area contributed by atoms with E-state index in [1.165, 1.54) is 12.8 Å². The van der Waals surface area contributed by atoms with Crippen LogP contribution >= 0.6 is 0 Å². The van der Waals surface area contributed by atoms with E-state index < -0.39 is 0 Å². The van der Waals surface area contributed by atoms with Gasteiger partial charge in [-0.3, -0.25) is 4.98 Å². The monoisotopic (exact) mass is 191 g/mol. The Hall–Kier alpha value is -1.16. The standard InChI is InChI=1S/C10H13N3O/c1-14-9-5-11-10-7-3-2-6(12-7)4-8(10)13-9/h5-7,12H,2-4H2,1H3. The van der Waals surface area contributed by atoms with Crippen LogP contribution in [-0.4, -0.2) is 23.1 Å². The Labute approximate surface area is 82.7 Å². The van der Waals surface area contributed by atoms with Crippen molar-refractivity contribution in [3.05, 3.63) is 17.6 Å². The first-order valence-corrected chi connectivity index (χ1v) is 5.02. The van der Waals surface area contributed by atoms with E-state index in [1.54, 1.807) is 13.3 Å². The van der Waals surface area contributed by atoms with Gasteiger partial charge in [-0.15, -0.1) is 0 Å². The second-order valence-electron chi connectivity index (χ2n) is 3.94. The molecule has 0 amide bonds. The highest BCUT2D eigenvalue weighted by Gasteiger charge is 2.34. The summed E-state index contributed by atoms with van der Waals surface area (Å²) in [6.45, 7) is 0. The van der Waals surface area contributed by atoms with Gasteiger partial charge in [0.15, 0.2) is 0 Å². The molecule has 0 aliphatic carbocycles. The number of aromatic nitrogens is 2. The molecule has 1 N–H and O–H groups in total. The molecule has 0 aromatic carbocycles. The third-order valence-corrected chi connectivity index (χ3v) is 3.07. The quantitative estimate of drug-likeness (QED) is 0.714. The molecule has 4 heteroatoms. The second-order valence-corrected chi connectivity index (χ2v) is 3.94. The van der Waals surface area contributed by atoms with Crippen molar-refractivity contribution < 1.29 is 4.74 Å². The summed E-state index contributed by atoms with van der Waals surface area (Å²) in [6.07, 6.45) is 5.14. The molecule has 74 valence electrons. The van der Waals surface area contributed by atoms with Crippen molar-refractivity contribution in [3.63, 3.8) is 0 Å². The highest BCUT2D eigenvalue weighted by atomic mass is 16.5. The molecule has 0 radical (unpaired) electrons. The lowest BCUT2D eigenvalue weighted by Gasteiger charge is -2.22. The van der Waals surface area contributed by atoms with E-state index in [9.17, 15) is 0 Å². The normalized spacial score (nSPS) is 28.6. The van der Waals surface area contributed by atoms with Crippen molar-refractivity contribution in [1.29, 1.82) is 0 Å². The van der Waals surface area contributed by atoms with E-state index >= 15 is 0 Å². The predicted molar refractivity (Wildman–Crippen MR) is 51.2 cm³/mol. The number of nitrogens with zero attached hydrogens (tertiary/aromatic N) is 2. The summed E-state index contributed by atoms with van der Waals surface area (Å²) in [4.78, 5) is 8.87. The van der Waals surface area contributed by atoms with E-state index in [-0.39, 0.29) is 0 Å². The van der Waals surface area contributed by atoms with Gasteiger partial charge in [0, 0.05) is 12.5 Å². The highest BCUT2D eigenvalue weighted by molar-refractivity contribution is 5.26. The Morgan fingerprint density at radius 3 is 3.29 bits per heavy atom. The Balaban J connectivity index is 2.05. The van der Waals surface area contributed by atoms with Crippen molar-refractivity contribution in [2.24, 2.45) is 0 Å². The van der Waals surface area contributed by atoms with E-state index in [2.05, 4.69) is 15.3 Å². The molecule has 1 fully saturated rings. The van der Waals surface area contributed by atoms with Crippen LogP contribution < -0.4 is 10.1 Å². The van der Waals surface area contributed by atoms with Crippen LogP contribution in [0.1, 0.15) is 30.3 Å². The first kappa shape index (κ1) is 8.17. The molecule has 3 heterocycles. The number of hydrogen-bond donors (Lipinski definition) is 1. The lowest BCUT2D eigenvalue weighted by molar-refractivity contribution is 0.387. The summed E-state index contributed by atoms with van der Waals surface area (Å²) in [6, 6.07) is 1.04. The lowest BCUT2D eigenvalue weighted by atomic mass is 10.1. The highest BCUT2D eigenvalue weighted by Crippen LogP contribution is 2.34. The smallest absolute Gasteiger partial charge is 0.232 e. The van der Waals surface area contributed by atoms with E-state index in [1.807, 2.05) is 0 Å². The van der Waals surface area contributed by atoms with E-state index in [0.29, 0.717) is 18.0 Å². The molecule has 2 aliphatic rings. The summed E-state index contributed by atoms with van der Waals surface area (Å²) < 4.78 is 5.08. The van der Waals surface area contributed by atoms with Crippen molar-refractivity contribution in [3.8, 4) is 5.88 Å². The molecule has 3 rings (SSSR count). The maximum atomic E-state index is 5.08. The molecule has 1 saturated heterocycles. The fraction of sp³-hybridized carbons (Fsp3) is 0.600.